The summed E-state index contributed by atoms with van der Waals surface area (Å²) in [6.45, 7) is 5.39. The van der Waals surface area contributed by atoms with Crippen molar-refractivity contribution in [3.63, 3.8) is 0 Å². The molecule has 2 rings (SSSR count). The van der Waals surface area contributed by atoms with Gasteiger partial charge in [-0.1, -0.05) is 0 Å². The molecule has 0 radical (unpaired) electrons. The van der Waals surface area contributed by atoms with Crippen LogP contribution in [-0.2, 0) is 23.9 Å². The molecule has 11 nitrogen and oxygen atoms in total. The third-order valence-electron chi connectivity index (χ3n) is 2.45. The molecule has 0 aromatic carbocycles. The number of carbonyl (C=O) groups excluding carboxylic acids is 5. The first-order valence-electron chi connectivity index (χ1n) is 7.35. The monoisotopic (exact) mass is 360 g/mol. The molecule has 142 valence electrons. The lowest BCUT2D eigenvalue weighted by Crippen LogP contribution is -2.54. The van der Waals surface area contributed by atoms with Crippen LogP contribution in [0.2, 0.25) is 0 Å². The van der Waals surface area contributed by atoms with E-state index in [1.165, 1.54) is 0 Å². The van der Waals surface area contributed by atoms with Crippen molar-refractivity contribution in [2.45, 2.75) is 26.4 Å². The van der Waals surface area contributed by atoms with Crippen LogP contribution in [0.25, 0.3) is 0 Å². The van der Waals surface area contributed by atoms with E-state index in [0.29, 0.717) is 0 Å². The molecule has 2 aliphatic rings. The number of aliphatic hydroxyl groups is 1. The molecule has 0 aromatic heterocycles. The third-order valence-corrected chi connectivity index (χ3v) is 2.45. The molecule has 2 aliphatic heterocycles. The minimum absolute atomic E-state index is 0.138. The lowest BCUT2D eigenvalue weighted by Gasteiger charge is -2.28. The van der Waals surface area contributed by atoms with Gasteiger partial charge in [0.1, 0.15) is 18.7 Å². The molecule has 0 unspecified atom stereocenters. The van der Waals surface area contributed by atoms with Crippen LogP contribution in [0.1, 0.15) is 20.8 Å². The first-order chi connectivity index (χ1) is 11.6. The van der Waals surface area contributed by atoms with Gasteiger partial charge >= 0.3 is 6.09 Å². The molecular weight excluding hydrogens is 336 g/mol. The number of imide groups is 2. The zero-order valence-electron chi connectivity index (χ0n) is 14.7. The molecule has 0 spiro atoms. The Hall–Kier alpha value is -2.53. The number of aliphatic hydroxyl groups excluding tert-OH is 1. The predicted octanol–water partition coefficient (Wildman–Crippen LogP) is -2.28. The molecule has 0 saturated carbocycles. The molecule has 2 heterocycles. The summed E-state index contributed by atoms with van der Waals surface area (Å²) in [5.74, 6) is -1.48. The average Bonchev–Trinajstić information content (AvgIpc) is 2.47. The Morgan fingerprint density at radius 3 is 1.64 bits per heavy atom. The van der Waals surface area contributed by atoms with Crippen LogP contribution in [0.3, 0.4) is 0 Å². The summed E-state index contributed by atoms with van der Waals surface area (Å²) in [4.78, 5) is 55.1. The third kappa shape index (κ3) is 10.0. The van der Waals surface area contributed by atoms with Gasteiger partial charge in [0.25, 0.3) is 0 Å². The van der Waals surface area contributed by atoms with E-state index in [2.05, 4.69) is 16.0 Å². The largest absolute Gasteiger partial charge is 0.444 e. The van der Waals surface area contributed by atoms with Gasteiger partial charge in [-0.05, 0) is 20.8 Å². The van der Waals surface area contributed by atoms with Crippen molar-refractivity contribution in [2.24, 2.45) is 0 Å². The number of nitrogens with zero attached hydrogens (tertiary/aromatic N) is 1. The summed E-state index contributed by atoms with van der Waals surface area (Å²) in [5, 5.41) is 13.9. The Kier molecular flexibility index (Phi) is 9.31. The minimum atomic E-state index is -0.647. The standard InChI is InChI=1S/C9H14N2O4.C4H6N2O2.CH4O/c1-9(2,3)15-8(14)11-4-6(12)10-7(13)5-11;7-3-1-5-2-4(8)6-3;1-2/h4-5H2,1-3H3,(H,10,12,13);5H,1-2H2,(H,6,7,8);2H,1H3. The summed E-state index contributed by atoms with van der Waals surface area (Å²) in [6, 6.07) is 0. The summed E-state index contributed by atoms with van der Waals surface area (Å²) in [6.07, 6.45) is -0.647. The van der Waals surface area contributed by atoms with Gasteiger partial charge in [-0.15, -0.1) is 0 Å². The van der Waals surface area contributed by atoms with E-state index in [0.717, 1.165) is 12.0 Å². The van der Waals surface area contributed by atoms with Crippen LogP contribution in [0.4, 0.5) is 4.79 Å². The van der Waals surface area contributed by atoms with E-state index >= 15 is 0 Å². The van der Waals surface area contributed by atoms with Gasteiger partial charge in [0.05, 0.1) is 13.1 Å². The van der Waals surface area contributed by atoms with Gasteiger partial charge in [0, 0.05) is 7.11 Å². The molecule has 2 saturated heterocycles. The van der Waals surface area contributed by atoms with Crippen LogP contribution in [-0.4, -0.2) is 78.6 Å². The van der Waals surface area contributed by atoms with Crippen molar-refractivity contribution in [3.05, 3.63) is 0 Å². The van der Waals surface area contributed by atoms with Gasteiger partial charge in [0.2, 0.25) is 23.6 Å². The second-order valence-corrected chi connectivity index (χ2v) is 5.88. The number of rotatable bonds is 0. The smallest absolute Gasteiger partial charge is 0.411 e. The number of nitrogens with one attached hydrogen (secondary N) is 3. The van der Waals surface area contributed by atoms with E-state index in [1.54, 1.807) is 20.8 Å². The van der Waals surface area contributed by atoms with Crippen LogP contribution < -0.4 is 16.0 Å². The normalized spacial score (nSPS) is 17.2. The molecule has 11 heteroatoms. The van der Waals surface area contributed by atoms with Gasteiger partial charge in [-0.2, -0.15) is 0 Å². The van der Waals surface area contributed by atoms with Crippen molar-refractivity contribution >= 4 is 29.7 Å². The van der Waals surface area contributed by atoms with Crippen molar-refractivity contribution in [2.75, 3.05) is 33.3 Å². The van der Waals surface area contributed by atoms with Crippen LogP contribution in [0.15, 0.2) is 0 Å². The highest BCUT2D eigenvalue weighted by Crippen LogP contribution is 2.10. The lowest BCUT2D eigenvalue weighted by atomic mass is 10.2. The number of carbonyl (C=O) groups is 5. The maximum Gasteiger partial charge on any atom is 0.411 e. The highest BCUT2D eigenvalue weighted by molar-refractivity contribution is 6.01. The first kappa shape index (κ1) is 22.5. The van der Waals surface area contributed by atoms with Crippen molar-refractivity contribution < 1.29 is 33.8 Å². The maximum absolute atomic E-state index is 11.5. The Labute approximate surface area is 145 Å². The summed E-state index contributed by atoms with van der Waals surface area (Å²) in [7, 11) is 1.00. The van der Waals surface area contributed by atoms with Crippen LogP contribution in [0, 0.1) is 0 Å². The second kappa shape index (κ2) is 10.4. The van der Waals surface area contributed by atoms with Crippen LogP contribution in [0.5, 0.6) is 0 Å². The Morgan fingerprint density at radius 2 is 1.32 bits per heavy atom. The highest BCUT2D eigenvalue weighted by atomic mass is 16.6. The zero-order chi connectivity index (χ0) is 19.6. The van der Waals surface area contributed by atoms with E-state index < -0.39 is 23.5 Å². The average molecular weight is 360 g/mol. The summed E-state index contributed by atoms with van der Waals surface area (Å²) >= 11 is 0. The Bertz CT molecular complexity index is 498. The number of hydrogen-bond acceptors (Lipinski definition) is 8. The molecule has 0 atom stereocenters. The quantitative estimate of drug-likeness (QED) is 0.352. The molecule has 2 fully saturated rings. The SMILES string of the molecule is CC(C)(C)OC(=O)N1CC(=O)NC(=O)C1.CO.O=C1CNCC(=O)N1. The maximum atomic E-state index is 11.5. The molecule has 0 bridgehead atoms. The summed E-state index contributed by atoms with van der Waals surface area (Å²) in [5.41, 5.74) is -0.631. The van der Waals surface area contributed by atoms with Crippen LogP contribution >= 0.6 is 0 Å². The van der Waals surface area contributed by atoms with Gasteiger partial charge in [-0.3, -0.25) is 40.0 Å². The van der Waals surface area contributed by atoms with E-state index in [-0.39, 0.29) is 38.0 Å². The fourth-order valence-corrected chi connectivity index (χ4v) is 1.63. The topological polar surface area (TPSA) is 154 Å². The lowest BCUT2D eigenvalue weighted by molar-refractivity contribution is -0.136. The second-order valence-electron chi connectivity index (χ2n) is 5.88. The van der Waals surface area contributed by atoms with Gasteiger partial charge in [-0.25, -0.2) is 4.79 Å². The zero-order valence-corrected chi connectivity index (χ0v) is 14.7. The molecular formula is C14H24N4O7. The fourth-order valence-electron chi connectivity index (χ4n) is 1.63. The van der Waals surface area contributed by atoms with Gasteiger partial charge < -0.3 is 9.84 Å². The Balaban J connectivity index is 0.000000483. The number of piperazine rings is 2. The summed E-state index contributed by atoms with van der Waals surface area (Å²) < 4.78 is 5.03. The fraction of sp³-hybridized carbons (Fsp3) is 0.643. The number of ether oxygens (including phenoxy) is 1. The minimum Gasteiger partial charge on any atom is -0.444 e. The number of hydrogen-bond donors (Lipinski definition) is 4. The van der Waals surface area contributed by atoms with Crippen molar-refractivity contribution in [1.29, 1.82) is 0 Å². The Morgan fingerprint density at radius 1 is 0.920 bits per heavy atom. The van der Waals surface area contributed by atoms with E-state index in [9.17, 15) is 24.0 Å². The predicted molar refractivity (Wildman–Crippen MR) is 85.1 cm³/mol. The first-order valence-corrected chi connectivity index (χ1v) is 7.35. The van der Waals surface area contributed by atoms with E-state index in [1.807, 2.05) is 0 Å². The molecule has 0 aliphatic carbocycles. The van der Waals surface area contributed by atoms with Crippen molar-refractivity contribution in [1.82, 2.24) is 20.9 Å². The molecule has 4 N–H and O–H groups in total. The van der Waals surface area contributed by atoms with Crippen molar-refractivity contribution in [3.8, 4) is 0 Å². The number of amides is 5. The van der Waals surface area contributed by atoms with E-state index in [4.69, 9.17) is 9.84 Å². The molecule has 25 heavy (non-hydrogen) atoms. The molecule has 0 aromatic rings. The molecule has 5 amide bonds. The van der Waals surface area contributed by atoms with Gasteiger partial charge in [0.15, 0.2) is 0 Å². The highest BCUT2D eigenvalue weighted by Gasteiger charge is 2.29.